The first-order chi connectivity index (χ1) is 9.03. The van der Waals surface area contributed by atoms with Gasteiger partial charge in [0.15, 0.2) is 0 Å². The number of thioether (sulfide) groups is 1. The minimum atomic E-state index is -3.49. The molecule has 0 amide bonds. The molecule has 19 heavy (non-hydrogen) atoms. The Balaban J connectivity index is 2.10. The maximum absolute atomic E-state index is 12.2. The third kappa shape index (κ3) is 3.61. The summed E-state index contributed by atoms with van der Waals surface area (Å²) in [4.78, 5) is 4.00. The number of nitrogen functional groups attached to an aromatic ring is 1. The van der Waals surface area contributed by atoms with Crippen molar-refractivity contribution in [1.29, 1.82) is 0 Å². The normalized spacial score (nSPS) is 23.6. The molecule has 1 aromatic rings. The molecule has 0 bridgehead atoms. The van der Waals surface area contributed by atoms with Gasteiger partial charge in [0, 0.05) is 17.5 Å². The summed E-state index contributed by atoms with van der Waals surface area (Å²) in [5, 5.41) is 0.376. The van der Waals surface area contributed by atoms with Crippen LogP contribution in [0.15, 0.2) is 23.2 Å². The molecule has 0 saturated heterocycles. The fourth-order valence-corrected chi connectivity index (χ4v) is 4.83. The van der Waals surface area contributed by atoms with E-state index < -0.39 is 10.0 Å². The molecule has 0 radical (unpaired) electrons. The Bertz CT molecular complexity index is 516. The van der Waals surface area contributed by atoms with Gasteiger partial charge in [0.25, 0.3) is 0 Å². The van der Waals surface area contributed by atoms with E-state index in [0.717, 1.165) is 25.0 Å². The van der Waals surface area contributed by atoms with Crippen LogP contribution < -0.4 is 10.5 Å². The molecule has 1 saturated carbocycles. The van der Waals surface area contributed by atoms with E-state index in [0.29, 0.717) is 11.1 Å². The Hall–Kier alpha value is -0.790. The van der Waals surface area contributed by atoms with Crippen LogP contribution >= 0.6 is 11.8 Å². The Kier molecular flexibility index (Phi) is 4.70. The third-order valence-electron chi connectivity index (χ3n) is 3.21. The topological polar surface area (TPSA) is 85.1 Å². The number of pyridine rings is 1. The van der Waals surface area contributed by atoms with E-state index in [1.807, 2.05) is 11.8 Å². The van der Waals surface area contributed by atoms with Crippen molar-refractivity contribution in [3.05, 3.63) is 18.3 Å². The second-order valence-electron chi connectivity index (χ2n) is 4.57. The van der Waals surface area contributed by atoms with E-state index in [1.165, 1.54) is 18.3 Å². The van der Waals surface area contributed by atoms with Crippen molar-refractivity contribution < 1.29 is 8.42 Å². The zero-order valence-corrected chi connectivity index (χ0v) is 12.5. The zero-order chi connectivity index (χ0) is 13.9. The fourth-order valence-electron chi connectivity index (χ4n) is 2.29. The number of nitrogens with one attached hydrogen (secondary N) is 1. The van der Waals surface area contributed by atoms with E-state index in [4.69, 9.17) is 5.73 Å². The van der Waals surface area contributed by atoms with Gasteiger partial charge in [0.05, 0.1) is 0 Å². The quantitative estimate of drug-likeness (QED) is 0.863. The number of sulfonamides is 1. The average molecular weight is 301 g/mol. The average Bonchev–Trinajstić information content (AvgIpc) is 2.77. The number of anilines is 1. The molecule has 3 N–H and O–H groups in total. The van der Waals surface area contributed by atoms with E-state index in [9.17, 15) is 8.42 Å². The zero-order valence-electron chi connectivity index (χ0n) is 10.9. The highest BCUT2D eigenvalue weighted by Gasteiger charge is 2.31. The van der Waals surface area contributed by atoms with Crippen LogP contribution in [0.5, 0.6) is 0 Å². The summed E-state index contributed by atoms with van der Waals surface area (Å²) in [7, 11) is -3.49. The minimum Gasteiger partial charge on any atom is -0.384 e. The van der Waals surface area contributed by atoms with Crippen molar-refractivity contribution in [3.63, 3.8) is 0 Å². The minimum absolute atomic E-state index is 0.0208. The lowest BCUT2D eigenvalue weighted by Gasteiger charge is -2.20. The second kappa shape index (κ2) is 6.11. The van der Waals surface area contributed by atoms with E-state index in [1.54, 1.807) is 0 Å². The Morgan fingerprint density at radius 3 is 2.89 bits per heavy atom. The van der Waals surface area contributed by atoms with Gasteiger partial charge in [-0.25, -0.2) is 18.1 Å². The molecule has 1 aliphatic carbocycles. The van der Waals surface area contributed by atoms with Crippen LogP contribution in [0.3, 0.4) is 0 Å². The van der Waals surface area contributed by atoms with Crippen LogP contribution in [0.2, 0.25) is 0 Å². The lowest BCUT2D eigenvalue weighted by molar-refractivity contribution is 0.555. The SMILES string of the molecule is CCSC1CCCC1NS(=O)(=O)c1ccc(N)nc1. The van der Waals surface area contributed by atoms with E-state index >= 15 is 0 Å². The first-order valence-corrected chi connectivity index (χ1v) is 8.91. The van der Waals surface area contributed by atoms with Crippen LogP contribution in [-0.2, 0) is 10.0 Å². The van der Waals surface area contributed by atoms with Gasteiger partial charge in [-0.15, -0.1) is 0 Å². The van der Waals surface area contributed by atoms with Crippen LogP contribution in [0.25, 0.3) is 0 Å². The number of aromatic nitrogens is 1. The van der Waals surface area contributed by atoms with Gasteiger partial charge >= 0.3 is 0 Å². The largest absolute Gasteiger partial charge is 0.384 e. The number of nitrogens with two attached hydrogens (primary N) is 1. The Labute approximate surface area is 118 Å². The van der Waals surface area contributed by atoms with Crippen LogP contribution in [0, 0.1) is 0 Å². The number of hydrogen-bond acceptors (Lipinski definition) is 5. The summed E-state index contributed by atoms with van der Waals surface area (Å²) in [6, 6.07) is 3.01. The lowest BCUT2D eigenvalue weighted by atomic mass is 10.3. The predicted molar refractivity (Wildman–Crippen MR) is 78.5 cm³/mol. The van der Waals surface area contributed by atoms with Gasteiger partial charge in [0.1, 0.15) is 10.7 Å². The predicted octanol–water partition coefficient (Wildman–Crippen LogP) is 1.62. The summed E-state index contributed by atoms with van der Waals surface area (Å²) in [5.74, 6) is 1.33. The summed E-state index contributed by atoms with van der Waals surface area (Å²) < 4.78 is 27.3. The summed E-state index contributed by atoms with van der Waals surface area (Å²) in [6.07, 6.45) is 4.35. The van der Waals surface area contributed by atoms with Gasteiger partial charge in [0.2, 0.25) is 10.0 Å². The van der Waals surface area contributed by atoms with Crippen molar-refractivity contribution in [2.45, 2.75) is 42.4 Å². The van der Waals surface area contributed by atoms with Crippen LogP contribution in [0.1, 0.15) is 26.2 Å². The molecule has 1 fully saturated rings. The molecular weight excluding hydrogens is 282 g/mol. The number of hydrogen-bond donors (Lipinski definition) is 2. The van der Waals surface area contributed by atoms with Gasteiger partial charge < -0.3 is 5.73 Å². The summed E-state index contributed by atoms with van der Waals surface area (Å²) in [5.41, 5.74) is 5.47. The van der Waals surface area contributed by atoms with Gasteiger partial charge in [-0.05, 0) is 30.7 Å². The standard InChI is InChI=1S/C12H19N3O2S2/c1-2-18-11-5-3-4-10(11)15-19(16,17)9-6-7-12(13)14-8-9/h6-8,10-11,15H,2-5H2,1H3,(H2,13,14). The molecule has 1 aromatic heterocycles. The molecule has 2 unspecified atom stereocenters. The van der Waals surface area contributed by atoms with Crippen molar-refractivity contribution in [3.8, 4) is 0 Å². The molecule has 0 spiro atoms. The highest BCUT2D eigenvalue weighted by molar-refractivity contribution is 8.00. The van der Waals surface area contributed by atoms with Gasteiger partial charge in [-0.1, -0.05) is 13.3 Å². The number of nitrogens with zero attached hydrogens (tertiary/aromatic N) is 1. The molecule has 1 heterocycles. The monoisotopic (exact) mass is 301 g/mol. The first-order valence-electron chi connectivity index (χ1n) is 6.38. The molecule has 2 atom stereocenters. The highest BCUT2D eigenvalue weighted by Crippen LogP contribution is 2.30. The van der Waals surface area contributed by atoms with Crippen LogP contribution in [0.4, 0.5) is 5.82 Å². The van der Waals surface area contributed by atoms with Crippen molar-refractivity contribution in [2.75, 3.05) is 11.5 Å². The van der Waals surface area contributed by atoms with Gasteiger partial charge in [-0.3, -0.25) is 0 Å². The van der Waals surface area contributed by atoms with Gasteiger partial charge in [-0.2, -0.15) is 11.8 Å². The smallest absolute Gasteiger partial charge is 0.242 e. The lowest BCUT2D eigenvalue weighted by Crippen LogP contribution is -2.38. The molecule has 0 aromatic carbocycles. The van der Waals surface area contributed by atoms with E-state index in [-0.39, 0.29) is 10.9 Å². The highest BCUT2D eigenvalue weighted by atomic mass is 32.2. The maximum Gasteiger partial charge on any atom is 0.242 e. The third-order valence-corrected chi connectivity index (χ3v) is 6.01. The van der Waals surface area contributed by atoms with Crippen molar-refractivity contribution >= 4 is 27.6 Å². The second-order valence-corrected chi connectivity index (χ2v) is 7.80. The molecular formula is C12H19N3O2S2. The Morgan fingerprint density at radius 2 is 2.26 bits per heavy atom. The molecule has 5 nitrogen and oxygen atoms in total. The number of rotatable bonds is 5. The molecule has 1 aliphatic rings. The van der Waals surface area contributed by atoms with Crippen LogP contribution in [-0.4, -0.2) is 30.4 Å². The summed E-state index contributed by atoms with van der Waals surface area (Å²) in [6.45, 7) is 2.10. The van der Waals surface area contributed by atoms with Crippen molar-refractivity contribution in [1.82, 2.24) is 9.71 Å². The molecule has 106 valence electrons. The van der Waals surface area contributed by atoms with Crippen molar-refractivity contribution in [2.24, 2.45) is 0 Å². The first kappa shape index (κ1) is 14.6. The molecule has 7 heteroatoms. The summed E-state index contributed by atoms with van der Waals surface area (Å²) >= 11 is 1.82. The van der Waals surface area contributed by atoms with E-state index in [2.05, 4.69) is 16.6 Å². The molecule has 0 aliphatic heterocycles. The molecule has 2 rings (SSSR count). The Morgan fingerprint density at radius 1 is 1.47 bits per heavy atom. The fraction of sp³-hybridized carbons (Fsp3) is 0.583. The maximum atomic E-state index is 12.2.